The monoisotopic (exact) mass is 220 g/mol. The summed E-state index contributed by atoms with van der Waals surface area (Å²) in [6.07, 6.45) is 2.79. The van der Waals surface area contributed by atoms with Crippen LogP contribution in [0.25, 0.3) is 0 Å². The van der Waals surface area contributed by atoms with Crippen molar-refractivity contribution in [1.29, 1.82) is 0 Å². The molecule has 0 aromatic heterocycles. The SMILES string of the molecule is O=[SH](=O)NC1COC2(CCNCC2)C1. The minimum absolute atomic E-state index is 0.0192. The summed E-state index contributed by atoms with van der Waals surface area (Å²) in [6.45, 7) is 2.45. The Labute approximate surface area is 85.3 Å². The van der Waals surface area contributed by atoms with Crippen molar-refractivity contribution in [2.45, 2.75) is 30.9 Å². The number of ether oxygens (including phenoxy) is 1. The molecule has 1 unspecified atom stereocenters. The molecule has 5 nitrogen and oxygen atoms in total. The van der Waals surface area contributed by atoms with Crippen LogP contribution in [0.2, 0.25) is 0 Å². The van der Waals surface area contributed by atoms with Crippen LogP contribution < -0.4 is 10.0 Å². The first-order valence-corrected chi connectivity index (χ1v) is 6.13. The van der Waals surface area contributed by atoms with Gasteiger partial charge < -0.3 is 10.1 Å². The van der Waals surface area contributed by atoms with Gasteiger partial charge in [0.2, 0.25) is 10.9 Å². The topological polar surface area (TPSA) is 67.4 Å². The second-order valence-corrected chi connectivity index (χ2v) is 4.80. The van der Waals surface area contributed by atoms with Crippen molar-refractivity contribution in [3.05, 3.63) is 0 Å². The third kappa shape index (κ3) is 2.25. The van der Waals surface area contributed by atoms with E-state index in [0.717, 1.165) is 32.4 Å². The van der Waals surface area contributed by atoms with Crippen LogP contribution in [-0.2, 0) is 15.6 Å². The lowest BCUT2D eigenvalue weighted by Gasteiger charge is -2.32. The molecular formula is C8H16N2O3S. The quantitative estimate of drug-likeness (QED) is 0.523. The molecular weight excluding hydrogens is 204 g/mol. The molecule has 6 heteroatoms. The molecule has 14 heavy (non-hydrogen) atoms. The van der Waals surface area contributed by atoms with Crippen LogP contribution in [0.3, 0.4) is 0 Å². The zero-order chi connectivity index (χ0) is 10.0. The summed E-state index contributed by atoms with van der Waals surface area (Å²) in [7, 11) is -2.49. The van der Waals surface area contributed by atoms with Crippen LogP contribution in [0.5, 0.6) is 0 Å². The zero-order valence-electron chi connectivity index (χ0n) is 7.99. The maximum atomic E-state index is 10.5. The van der Waals surface area contributed by atoms with Gasteiger partial charge in [-0.25, -0.2) is 13.1 Å². The standard InChI is InChI=1S/C8H16N2O3S/c11-14(12)10-7-5-8(13-6-7)1-3-9-4-2-8/h7,9,14H,1-6H2,(H,10,11,12). The van der Waals surface area contributed by atoms with E-state index in [1.54, 1.807) is 0 Å². The van der Waals surface area contributed by atoms with Crippen molar-refractivity contribution in [2.75, 3.05) is 19.7 Å². The molecule has 0 aromatic carbocycles. The number of thiol groups is 1. The molecule has 0 aromatic rings. The third-order valence-electron chi connectivity index (χ3n) is 3.01. The lowest BCUT2D eigenvalue weighted by Crippen LogP contribution is -2.42. The molecule has 2 N–H and O–H groups in total. The average molecular weight is 220 g/mol. The van der Waals surface area contributed by atoms with Gasteiger partial charge in [-0.15, -0.1) is 0 Å². The molecule has 2 aliphatic heterocycles. The largest absolute Gasteiger partial charge is 0.373 e. The number of hydrogen-bond acceptors (Lipinski definition) is 4. The Balaban J connectivity index is 1.92. The van der Waals surface area contributed by atoms with Gasteiger partial charge in [0.1, 0.15) is 0 Å². The predicted octanol–water partition coefficient (Wildman–Crippen LogP) is -0.986. The Morgan fingerprint density at radius 2 is 2.07 bits per heavy atom. The smallest absolute Gasteiger partial charge is 0.201 e. The molecule has 0 radical (unpaired) electrons. The van der Waals surface area contributed by atoms with E-state index in [1.165, 1.54) is 0 Å². The molecule has 0 saturated carbocycles. The number of rotatable bonds is 2. The highest BCUT2D eigenvalue weighted by atomic mass is 32.2. The summed E-state index contributed by atoms with van der Waals surface area (Å²) in [5.74, 6) is 0. The highest BCUT2D eigenvalue weighted by Crippen LogP contribution is 2.33. The maximum Gasteiger partial charge on any atom is 0.201 e. The van der Waals surface area contributed by atoms with E-state index in [-0.39, 0.29) is 11.6 Å². The van der Waals surface area contributed by atoms with Crippen molar-refractivity contribution in [3.8, 4) is 0 Å². The fraction of sp³-hybridized carbons (Fsp3) is 1.00. The minimum Gasteiger partial charge on any atom is -0.373 e. The highest BCUT2D eigenvalue weighted by Gasteiger charge is 2.41. The summed E-state index contributed by atoms with van der Waals surface area (Å²) in [5, 5.41) is 3.27. The van der Waals surface area contributed by atoms with E-state index in [9.17, 15) is 8.42 Å². The van der Waals surface area contributed by atoms with Crippen molar-refractivity contribution >= 4 is 10.9 Å². The average Bonchev–Trinajstić information content (AvgIpc) is 2.49. The van der Waals surface area contributed by atoms with Crippen molar-refractivity contribution in [1.82, 2.24) is 10.0 Å². The van der Waals surface area contributed by atoms with Gasteiger partial charge >= 0.3 is 0 Å². The first-order valence-electron chi connectivity index (χ1n) is 4.95. The van der Waals surface area contributed by atoms with Gasteiger partial charge in [0.15, 0.2) is 0 Å². The molecule has 2 fully saturated rings. The zero-order valence-corrected chi connectivity index (χ0v) is 8.89. The van der Waals surface area contributed by atoms with Gasteiger partial charge in [-0.1, -0.05) is 0 Å². The van der Waals surface area contributed by atoms with Gasteiger partial charge in [0.25, 0.3) is 0 Å². The summed E-state index contributed by atoms with van der Waals surface area (Å²) >= 11 is 0. The van der Waals surface area contributed by atoms with E-state index in [0.29, 0.717) is 6.61 Å². The third-order valence-corrected chi connectivity index (χ3v) is 3.59. The molecule has 1 spiro atoms. The molecule has 0 amide bonds. The fourth-order valence-corrected chi connectivity index (χ4v) is 2.77. The summed E-state index contributed by atoms with van der Waals surface area (Å²) in [5.41, 5.74) is -0.0612. The van der Waals surface area contributed by atoms with Crippen molar-refractivity contribution < 1.29 is 13.2 Å². The van der Waals surface area contributed by atoms with E-state index in [1.807, 2.05) is 0 Å². The molecule has 82 valence electrons. The Bertz CT molecular complexity index is 266. The molecule has 2 aliphatic rings. The summed E-state index contributed by atoms with van der Waals surface area (Å²) in [4.78, 5) is 0. The van der Waals surface area contributed by atoms with Crippen LogP contribution in [0, 0.1) is 0 Å². The lowest BCUT2D eigenvalue weighted by molar-refractivity contribution is -0.0193. The molecule has 0 bridgehead atoms. The number of piperidine rings is 1. The van der Waals surface area contributed by atoms with Crippen molar-refractivity contribution in [2.24, 2.45) is 0 Å². The highest BCUT2D eigenvalue weighted by molar-refractivity contribution is 7.70. The molecule has 2 rings (SSSR count). The number of nitrogens with one attached hydrogen (secondary N) is 2. The Kier molecular flexibility index (Phi) is 3.06. The van der Waals surface area contributed by atoms with Crippen LogP contribution in [0.4, 0.5) is 0 Å². The van der Waals surface area contributed by atoms with Crippen molar-refractivity contribution in [3.63, 3.8) is 0 Å². The molecule has 0 aliphatic carbocycles. The number of hydrogen-bond donors (Lipinski definition) is 3. The Hall–Kier alpha value is -0.170. The lowest BCUT2D eigenvalue weighted by atomic mass is 9.88. The minimum atomic E-state index is -2.49. The van der Waals surface area contributed by atoms with Crippen LogP contribution in [-0.4, -0.2) is 39.8 Å². The van der Waals surface area contributed by atoms with Gasteiger partial charge in [-0.2, -0.15) is 0 Å². The molecule has 1 atom stereocenters. The summed E-state index contributed by atoms with van der Waals surface area (Å²) < 4.78 is 29.2. The molecule has 2 saturated heterocycles. The predicted molar refractivity (Wildman–Crippen MR) is 52.6 cm³/mol. The van der Waals surface area contributed by atoms with Crippen LogP contribution in [0.1, 0.15) is 19.3 Å². The van der Waals surface area contributed by atoms with Gasteiger partial charge in [-0.05, 0) is 32.4 Å². The van der Waals surface area contributed by atoms with Crippen LogP contribution in [0.15, 0.2) is 0 Å². The maximum absolute atomic E-state index is 10.5. The van der Waals surface area contributed by atoms with E-state index in [4.69, 9.17) is 4.74 Å². The summed E-state index contributed by atoms with van der Waals surface area (Å²) in [6, 6.07) is -0.0192. The fourth-order valence-electron chi connectivity index (χ4n) is 2.31. The first-order chi connectivity index (χ1) is 6.70. The normalized spacial score (nSPS) is 31.4. The first kappa shape index (κ1) is 10.4. The van der Waals surface area contributed by atoms with Gasteiger partial charge in [-0.3, -0.25) is 0 Å². The van der Waals surface area contributed by atoms with E-state index < -0.39 is 10.9 Å². The van der Waals surface area contributed by atoms with Crippen LogP contribution >= 0.6 is 0 Å². The second-order valence-electron chi connectivity index (χ2n) is 4.03. The van der Waals surface area contributed by atoms with E-state index >= 15 is 0 Å². The van der Waals surface area contributed by atoms with Gasteiger partial charge in [0.05, 0.1) is 12.2 Å². The van der Waals surface area contributed by atoms with Gasteiger partial charge in [0, 0.05) is 6.04 Å². The molecule has 2 heterocycles. The Morgan fingerprint density at radius 3 is 2.71 bits per heavy atom. The Morgan fingerprint density at radius 1 is 1.36 bits per heavy atom. The second kappa shape index (κ2) is 4.14. The van der Waals surface area contributed by atoms with E-state index in [2.05, 4.69) is 10.0 Å².